The monoisotopic (exact) mass is 477 g/mol. The molecular weight excluding hydrogens is 454 g/mol. The number of phenolic OH excluding ortho intramolecular Hbond substituents is 1. The van der Waals surface area contributed by atoms with E-state index in [2.05, 4.69) is 15.2 Å². The molecule has 1 atom stereocenters. The highest BCUT2D eigenvalue weighted by molar-refractivity contribution is 7.92. The topological polar surface area (TPSA) is 122 Å². The van der Waals surface area contributed by atoms with Crippen LogP contribution in [0.3, 0.4) is 0 Å². The van der Waals surface area contributed by atoms with Gasteiger partial charge in [-0.15, -0.1) is 0 Å². The minimum absolute atomic E-state index is 0.0440. The lowest BCUT2D eigenvalue weighted by Gasteiger charge is -2.20. The third-order valence-corrected chi connectivity index (χ3v) is 6.52. The Kier molecular flexibility index (Phi) is 6.65. The zero-order valence-electron chi connectivity index (χ0n) is 18.3. The van der Waals surface area contributed by atoms with Crippen LogP contribution in [0, 0.1) is 6.92 Å². The molecule has 4 rings (SSSR count). The fraction of sp³-hybridized carbons (Fsp3) is 0.120. The molecule has 3 aromatic carbocycles. The number of Topliss-reactive ketones (excluding diaryl/α,β-unsaturated/α-hetero) is 1. The summed E-state index contributed by atoms with van der Waals surface area (Å²) in [5.41, 5.74) is 2.04. The highest BCUT2D eigenvalue weighted by atomic mass is 32.2. The van der Waals surface area contributed by atoms with Gasteiger partial charge in [0, 0.05) is 23.7 Å². The number of hydrogen-bond donors (Lipinski definition) is 3. The van der Waals surface area contributed by atoms with E-state index in [9.17, 15) is 18.3 Å². The summed E-state index contributed by atoms with van der Waals surface area (Å²) in [6.07, 6.45) is 0.169. The van der Waals surface area contributed by atoms with Crippen molar-refractivity contribution in [1.82, 2.24) is 5.16 Å². The number of anilines is 2. The van der Waals surface area contributed by atoms with E-state index in [0.29, 0.717) is 17.0 Å². The maximum atomic E-state index is 12.9. The van der Waals surface area contributed by atoms with Crippen LogP contribution in [0.4, 0.5) is 11.5 Å². The van der Waals surface area contributed by atoms with Crippen LogP contribution in [-0.2, 0) is 10.0 Å². The molecule has 174 valence electrons. The van der Waals surface area contributed by atoms with Gasteiger partial charge >= 0.3 is 0 Å². The van der Waals surface area contributed by atoms with E-state index in [0.717, 1.165) is 5.56 Å². The van der Waals surface area contributed by atoms with Crippen LogP contribution in [-0.4, -0.2) is 24.5 Å². The first-order valence-electron chi connectivity index (χ1n) is 10.5. The van der Waals surface area contributed by atoms with Gasteiger partial charge < -0.3 is 14.9 Å². The molecule has 9 heteroatoms. The summed E-state index contributed by atoms with van der Waals surface area (Å²) in [7, 11) is -3.84. The number of nitrogens with one attached hydrogen (secondary N) is 2. The van der Waals surface area contributed by atoms with Gasteiger partial charge in [0.05, 0.1) is 10.9 Å². The number of ketones is 1. The fourth-order valence-corrected chi connectivity index (χ4v) is 4.41. The van der Waals surface area contributed by atoms with E-state index in [1.807, 2.05) is 18.2 Å². The summed E-state index contributed by atoms with van der Waals surface area (Å²) in [5.74, 6) is 0.674. The SMILES string of the molecule is Cc1cc(NS(=O)(=O)c2ccc(NC(CC(=O)c3ccccc3)c3ccc(O)cc3)cc2)no1. The van der Waals surface area contributed by atoms with Crippen molar-refractivity contribution in [2.45, 2.75) is 24.3 Å². The third kappa shape index (κ3) is 5.62. The fourth-order valence-electron chi connectivity index (χ4n) is 3.43. The second kappa shape index (κ2) is 9.80. The summed E-state index contributed by atoms with van der Waals surface area (Å²) in [5, 5.41) is 16.6. The number of aromatic hydroxyl groups is 1. The quantitative estimate of drug-likeness (QED) is 0.293. The summed E-state index contributed by atoms with van der Waals surface area (Å²) >= 11 is 0. The van der Waals surface area contributed by atoms with Crippen molar-refractivity contribution in [3.8, 4) is 5.75 Å². The molecule has 0 aliphatic carbocycles. The minimum Gasteiger partial charge on any atom is -0.508 e. The van der Waals surface area contributed by atoms with Crippen LogP contribution < -0.4 is 10.0 Å². The molecule has 0 saturated heterocycles. The Morgan fingerprint density at radius 1 is 1.00 bits per heavy atom. The van der Waals surface area contributed by atoms with E-state index < -0.39 is 16.1 Å². The number of hydrogen-bond acceptors (Lipinski definition) is 7. The van der Waals surface area contributed by atoms with E-state index in [1.54, 1.807) is 55.5 Å². The van der Waals surface area contributed by atoms with Gasteiger partial charge in [0.15, 0.2) is 11.6 Å². The number of carbonyl (C=O) groups is 1. The number of carbonyl (C=O) groups excluding carboxylic acids is 1. The average molecular weight is 478 g/mol. The summed E-state index contributed by atoms with van der Waals surface area (Å²) in [6, 6.07) is 22.9. The van der Waals surface area contributed by atoms with Crippen LogP contribution >= 0.6 is 0 Å². The van der Waals surface area contributed by atoms with Gasteiger partial charge in [-0.25, -0.2) is 8.42 Å². The molecule has 4 aromatic rings. The molecular formula is C25H23N3O5S. The van der Waals surface area contributed by atoms with Crippen LogP contribution in [0.25, 0.3) is 0 Å². The molecule has 0 aliphatic rings. The van der Waals surface area contributed by atoms with E-state index >= 15 is 0 Å². The first kappa shape index (κ1) is 23.1. The van der Waals surface area contributed by atoms with Crippen molar-refractivity contribution >= 4 is 27.3 Å². The smallest absolute Gasteiger partial charge is 0.263 e. The predicted octanol–water partition coefficient (Wildman–Crippen LogP) is 4.92. The Labute approximate surface area is 197 Å². The van der Waals surface area contributed by atoms with Crippen molar-refractivity contribution in [2.24, 2.45) is 0 Å². The second-order valence-corrected chi connectivity index (χ2v) is 9.42. The number of aromatic nitrogens is 1. The standard InChI is InChI=1S/C25H23N3O5S/c1-17-15-25(27-33-17)28-34(31,32)22-13-9-20(10-14-22)26-23(18-7-11-21(29)12-8-18)16-24(30)19-5-3-2-4-6-19/h2-15,23,26,29H,16H2,1H3,(H,27,28). The van der Waals surface area contributed by atoms with Crippen LogP contribution in [0.2, 0.25) is 0 Å². The molecule has 3 N–H and O–H groups in total. The lowest BCUT2D eigenvalue weighted by Crippen LogP contribution is -2.16. The zero-order valence-corrected chi connectivity index (χ0v) is 19.1. The number of nitrogens with zero attached hydrogens (tertiary/aromatic N) is 1. The molecule has 0 amide bonds. The van der Waals surface area contributed by atoms with Gasteiger partial charge in [-0.2, -0.15) is 0 Å². The van der Waals surface area contributed by atoms with Crippen molar-refractivity contribution < 1.29 is 22.8 Å². The lowest BCUT2D eigenvalue weighted by molar-refractivity contribution is 0.0976. The van der Waals surface area contributed by atoms with E-state index in [1.165, 1.54) is 18.2 Å². The highest BCUT2D eigenvalue weighted by Gasteiger charge is 2.19. The number of aryl methyl sites for hydroxylation is 1. The van der Waals surface area contributed by atoms with Crippen molar-refractivity contribution in [3.05, 3.63) is 102 Å². The van der Waals surface area contributed by atoms with Crippen LogP contribution in [0.1, 0.15) is 34.1 Å². The largest absolute Gasteiger partial charge is 0.508 e. The van der Waals surface area contributed by atoms with Crippen LogP contribution in [0.5, 0.6) is 5.75 Å². The van der Waals surface area contributed by atoms with E-state index in [-0.39, 0.29) is 28.7 Å². The Hall–Kier alpha value is -4.11. The first-order chi connectivity index (χ1) is 16.3. The molecule has 0 aliphatic heterocycles. The van der Waals surface area contributed by atoms with Gasteiger partial charge in [0.2, 0.25) is 0 Å². The number of phenols is 1. The Morgan fingerprint density at radius 2 is 1.68 bits per heavy atom. The molecule has 34 heavy (non-hydrogen) atoms. The van der Waals surface area contributed by atoms with Gasteiger partial charge in [0.1, 0.15) is 11.5 Å². The highest BCUT2D eigenvalue weighted by Crippen LogP contribution is 2.27. The van der Waals surface area contributed by atoms with Gasteiger partial charge in [-0.1, -0.05) is 47.6 Å². The average Bonchev–Trinajstić information content (AvgIpc) is 3.23. The predicted molar refractivity (Wildman–Crippen MR) is 128 cm³/mol. The molecule has 8 nitrogen and oxygen atoms in total. The Balaban J connectivity index is 1.53. The Bertz CT molecular complexity index is 1370. The molecule has 0 fully saturated rings. The molecule has 1 unspecified atom stereocenters. The first-order valence-corrected chi connectivity index (χ1v) is 12.0. The summed E-state index contributed by atoms with van der Waals surface area (Å²) in [4.78, 5) is 12.9. The van der Waals surface area contributed by atoms with Gasteiger partial charge in [-0.3, -0.25) is 9.52 Å². The molecule has 1 aromatic heterocycles. The van der Waals surface area contributed by atoms with Gasteiger partial charge in [-0.05, 0) is 48.9 Å². The minimum atomic E-state index is -3.84. The molecule has 1 heterocycles. The van der Waals surface area contributed by atoms with Crippen molar-refractivity contribution in [1.29, 1.82) is 0 Å². The zero-order chi connectivity index (χ0) is 24.1. The molecule has 0 saturated carbocycles. The summed E-state index contributed by atoms with van der Waals surface area (Å²) in [6.45, 7) is 1.66. The Morgan fingerprint density at radius 3 is 2.29 bits per heavy atom. The second-order valence-electron chi connectivity index (χ2n) is 7.73. The van der Waals surface area contributed by atoms with Crippen molar-refractivity contribution in [3.63, 3.8) is 0 Å². The maximum Gasteiger partial charge on any atom is 0.263 e. The van der Waals surface area contributed by atoms with Crippen LogP contribution in [0.15, 0.2) is 94.3 Å². The number of rotatable bonds is 9. The van der Waals surface area contributed by atoms with Gasteiger partial charge in [0.25, 0.3) is 10.0 Å². The molecule has 0 bridgehead atoms. The molecule has 0 radical (unpaired) electrons. The summed E-state index contributed by atoms with van der Waals surface area (Å²) < 4.78 is 32.5. The van der Waals surface area contributed by atoms with E-state index in [4.69, 9.17) is 4.52 Å². The maximum absolute atomic E-state index is 12.9. The molecule has 0 spiro atoms. The number of sulfonamides is 1. The normalized spacial score (nSPS) is 12.1. The third-order valence-electron chi connectivity index (χ3n) is 5.15. The number of benzene rings is 3. The van der Waals surface area contributed by atoms with Crippen molar-refractivity contribution in [2.75, 3.05) is 10.0 Å². The lowest BCUT2D eigenvalue weighted by atomic mass is 9.97.